The van der Waals surface area contributed by atoms with E-state index in [0.717, 1.165) is 27.5 Å². The molecule has 0 aliphatic carbocycles. The van der Waals surface area contributed by atoms with Gasteiger partial charge in [-0.2, -0.15) is 0 Å². The van der Waals surface area contributed by atoms with Gasteiger partial charge in [0.05, 0.1) is 45.7 Å². The molecule has 1 fully saturated rings. The van der Waals surface area contributed by atoms with Gasteiger partial charge in [0.2, 0.25) is 5.91 Å². The van der Waals surface area contributed by atoms with E-state index >= 15 is 0 Å². The molecule has 1 aliphatic heterocycles. The van der Waals surface area contributed by atoms with E-state index in [1.54, 1.807) is 22.4 Å². The minimum absolute atomic E-state index is 0.156. The Morgan fingerprint density at radius 3 is 2.50 bits per heavy atom. The van der Waals surface area contributed by atoms with E-state index in [1.165, 1.54) is 4.88 Å². The van der Waals surface area contributed by atoms with Crippen LogP contribution in [0.15, 0.2) is 30.5 Å². The zero-order chi connectivity index (χ0) is 23.2. The highest BCUT2D eigenvalue weighted by Gasteiger charge is 2.41. The summed E-state index contributed by atoms with van der Waals surface area (Å²) in [5.41, 5.74) is 9.93. The summed E-state index contributed by atoms with van der Waals surface area (Å²) in [7, 11) is 0. The number of nitrogens with one attached hydrogen (secondary N) is 1. The highest BCUT2D eigenvalue weighted by molar-refractivity contribution is 7.15. The smallest absolute Gasteiger partial charge is 0.240 e. The van der Waals surface area contributed by atoms with Crippen molar-refractivity contribution in [2.45, 2.75) is 59.2 Å². The summed E-state index contributed by atoms with van der Waals surface area (Å²) in [6.45, 7) is 10.2. The largest absolute Gasteiger partial charge is 0.391 e. The summed E-state index contributed by atoms with van der Waals surface area (Å²) in [6, 6.07) is 7.34. The van der Waals surface area contributed by atoms with Crippen LogP contribution in [0.1, 0.15) is 49.8 Å². The zero-order valence-electron chi connectivity index (χ0n) is 19.2. The molecule has 170 valence electrons. The van der Waals surface area contributed by atoms with Crippen molar-refractivity contribution in [1.29, 1.82) is 0 Å². The van der Waals surface area contributed by atoms with Crippen molar-refractivity contribution in [2.75, 3.05) is 6.54 Å². The number of aryl methyl sites for hydroxylation is 2. The predicted molar refractivity (Wildman–Crippen MR) is 127 cm³/mol. The molecular weight excluding hydrogens is 422 g/mol. The van der Waals surface area contributed by atoms with Crippen LogP contribution in [0.3, 0.4) is 0 Å². The van der Waals surface area contributed by atoms with Gasteiger partial charge in [-0.1, -0.05) is 45.0 Å². The van der Waals surface area contributed by atoms with Crippen molar-refractivity contribution in [3.05, 3.63) is 47.0 Å². The molecule has 0 spiro atoms. The van der Waals surface area contributed by atoms with Crippen molar-refractivity contribution < 1.29 is 9.90 Å². The van der Waals surface area contributed by atoms with Crippen LogP contribution >= 0.6 is 11.3 Å². The highest BCUT2D eigenvalue weighted by Crippen LogP contribution is 2.35. The van der Waals surface area contributed by atoms with Crippen molar-refractivity contribution in [1.82, 2.24) is 19.9 Å². The third kappa shape index (κ3) is 4.35. The number of aromatic amines is 1. The minimum atomic E-state index is -0.642. The van der Waals surface area contributed by atoms with Gasteiger partial charge in [-0.25, -0.2) is 9.97 Å². The van der Waals surface area contributed by atoms with Crippen LogP contribution in [0, 0.1) is 19.3 Å². The number of H-pyrrole nitrogens is 1. The van der Waals surface area contributed by atoms with E-state index in [2.05, 4.69) is 39.2 Å². The minimum Gasteiger partial charge on any atom is -0.391 e. The maximum absolute atomic E-state index is 13.0. The fourth-order valence-electron chi connectivity index (χ4n) is 4.12. The lowest BCUT2D eigenvalue weighted by Gasteiger charge is -2.32. The normalized spacial score (nSPS) is 20.0. The van der Waals surface area contributed by atoms with Crippen LogP contribution in [0.4, 0.5) is 0 Å². The number of nitrogens with zero attached hydrogens (tertiary/aromatic N) is 3. The van der Waals surface area contributed by atoms with Crippen molar-refractivity contribution in [2.24, 2.45) is 11.1 Å². The van der Waals surface area contributed by atoms with Gasteiger partial charge in [0.1, 0.15) is 5.82 Å². The third-order valence-corrected chi connectivity index (χ3v) is 7.16. The molecule has 0 unspecified atom stereocenters. The number of benzene rings is 1. The van der Waals surface area contributed by atoms with Crippen molar-refractivity contribution in [3.8, 4) is 21.7 Å². The first-order valence-corrected chi connectivity index (χ1v) is 11.7. The van der Waals surface area contributed by atoms with E-state index in [9.17, 15) is 9.90 Å². The average molecular weight is 454 g/mol. The van der Waals surface area contributed by atoms with Crippen molar-refractivity contribution in [3.63, 3.8) is 0 Å². The van der Waals surface area contributed by atoms with Gasteiger partial charge >= 0.3 is 0 Å². The van der Waals surface area contributed by atoms with E-state index in [0.29, 0.717) is 12.2 Å². The summed E-state index contributed by atoms with van der Waals surface area (Å²) in [5.74, 6) is 0.514. The number of carbonyl (C=O) groups is 1. The molecule has 4 N–H and O–H groups in total. The Bertz CT molecular complexity index is 1110. The number of hydrogen-bond acceptors (Lipinski definition) is 6. The van der Waals surface area contributed by atoms with Crippen LogP contribution in [-0.4, -0.2) is 49.6 Å². The zero-order valence-corrected chi connectivity index (χ0v) is 20.0. The summed E-state index contributed by atoms with van der Waals surface area (Å²) in [6.07, 6.45) is 1.64. The Balaban J connectivity index is 1.56. The standard InChI is InChI=1S/C24H31N5O2S/c1-13-20(32-14(2)27-13)16-8-6-15(7-9-16)18-11-26-22(28-18)19-10-17(30)12-29(19)23(31)21(25)24(3,4)5/h6-9,11,17,19,21,30H,10,12,25H2,1-5H3,(H,26,28)/t17-,19+,21-/m1/s1. The Labute approximate surface area is 192 Å². The number of likely N-dealkylation sites (tertiary alicyclic amines) is 1. The molecule has 8 heteroatoms. The average Bonchev–Trinajstić information content (AvgIpc) is 3.44. The second-order valence-electron chi connectivity index (χ2n) is 9.65. The number of thiazole rings is 1. The first-order valence-electron chi connectivity index (χ1n) is 10.9. The van der Waals surface area contributed by atoms with Gasteiger partial charge < -0.3 is 20.7 Å². The summed E-state index contributed by atoms with van der Waals surface area (Å²) in [5, 5.41) is 11.3. The molecule has 1 aliphatic rings. The van der Waals surface area contributed by atoms with E-state index < -0.39 is 12.1 Å². The highest BCUT2D eigenvalue weighted by atomic mass is 32.1. The summed E-state index contributed by atoms with van der Waals surface area (Å²) in [4.78, 5) is 28.3. The topological polar surface area (TPSA) is 108 Å². The Hall–Kier alpha value is -2.55. The lowest BCUT2D eigenvalue weighted by Crippen LogP contribution is -2.50. The van der Waals surface area contributed by atoms with Crippen LogP contribution in [-0.2, 0) is 4.79 Å². The molecule has 1 amide bonds. The lowest BCUT2D eigenvalue weighted by atomic mass is 9.86. The lowest BCUT2D eigenvalue weighted by molar-refractivity contribution is -0.136. The Morgan fingerprint density at radius 1 is 1.25 bits per heavy atom. The maximum atomic E-state index is 13.0. The third-order valence-electron chi connectivity index (χ3n) is 6.03. The second-order valence-corrected chi connectivity index (χ2v) is 10.8. The monoisotopic (exact) mass is 453 g/mol. The van der Waals surface area contributed by atoms with E-state index in [-0.39, 0.29) is 23.9 Å². The summed E-state index contributed by atoms with van der Waals surface area (Å²) >= 11 is 1.69. The van der Waals surface area contributed by atoms with E-state index in [4.69, 9.17) is 5.73 Å². The van der Waals surface area contributed by atoms with E-state index in [1.807, 2.05) is 34.6 Å². The number of hydrogen-bond donors (Lipinski definition) is 3. The maximum Gasteiger partial charge on any atom is 0.240 e. The number of β-amino-alcohol motifs (C(OH)–C–C–N with tert-alkyl or cyclic N) is 1. The first kappa shape index (κ1) is 22.6. The summed E-state index contributed by atoms with van der Waals surface area (Å²) < 4.78 is 0. The molecule has 1 aromatic carbocycles. The second kappa shape index (κ2) is 8.42. The molecule has 7 nitrogen and oxygen atoms in total. The first-order chi connectivity index (χ1) is 15.0. The molecule has 1 saturated heterocycles. The molecule has 3 aromatic rings. The van der Waals surface area contributed by atoms with Crippen LogP contribution in [0.2, 0.25) is 0 Å². The Morgan fingerprint density at radius 2 is 1.91 bits per heavy atom. The molecule has 0 saturated carbocycles. The molecule has 0 bridgehead atoms. The number of rotatable bonds is 4. The number of aliphatic hydroxyl groups excluding tert-OH is 1. The molecule has 2 aromatic heterocycles. The van der Waals surface area contributed by atoms with Crippen LogP contribution in [0.25, 0.3) is 21.7 Å². The number of imidazole rings is 1. The van der Waals surface area contributed by atoms with Crippen molar-refractivity contribution >= 4 is 17.2 Å². The quantitative estimate of drug-likeness (QED) is 0.556. The van der Waals surface area contributed by atoms with Gasteiger partial charge in [-0.05, 0) is 30.4 Å². The van der Waals surface area contributed by atoms with Crippen LogP contribution in [0.5, 0.6) is 0 Å². The SMILES string of the molecule is Cc1nc(C)c(-c2ccc(-c3cnc([C@@H]4C[C@@H](O)CN4C(=O)[C@@H](N)C(C)(C)C)[nH]3)cc2)s1. The van der Waals surface area contributed by atoms with Gasteiger partial charge in [0.25, 0.3) is 0 Å². The number of amides is 1. The van der Waals surface area contributed by atoms with Gasteiger partial charge in [-0.3, -0.25) is 4.79 Å². The fraction of sp³-hybridized carbons (Fsp3) is 0.458. The molecule has 0 radical (unpaired) electrons. The number of nitrogens with two attached hydrogens (primary N) is 1. The molecular formula is C24H31N5O2S. The van der Waals surface area contributed by atoms with Gasteiger partial charge in [0, 0.05) is 13.0 Å². The molecule has 3 heterocycles. The van der Waals surface area contributed by atoms with Gasteiger partial charge in [-0.15, -0.1) is 11.3 Å². The van der Waals surface area contributed by atoms with Gasteiger partial charge in [0.15, 0.2) is 0 Å². The number of aromatic nitrogens is 3. The Kier molecular flexibility index (Phi) is 5.96. The molecule has 3 atom stereocenters. The number of carbonyl (C=O) groups excluding carboxylic acids is 1. The number of aliphatic hydroxyl groups is 1. The molecule has 32 heavy (non-hydrogen) atoms. The van der Waals surface area contributed by atoms with Crippen LogP contribution < -0.4 is 5.73 Å². The fourth-order valence-corrected chi connectivity index (χ4v) is 5.04. The predicted octanol–water partition coefficient (Wildman–Crippen LogP) is 3.82. The molecule has 4 rings (SSSR count).